The molecule has 13 saturated carbocycles. The van der Waals surface area contributed by atoms with Crippen LogP contribution in [0, 0.1) is 112 Å². The van der Waals surface area contributed by atoms with Crippen molar-refractivity contribution in [1.29, 1.82) is 0 Å². The Morgan fingerprint density at radius 1 is 0.354 bits per heavy atom. The predicted octanol–water partition coefficient (Wildman–Crippen LogP) is 20.2. The number of rotatable bonds is 7. The van der Waals surface area contributed by atoms with Crippen molar-refractivity contribution in [2.45, 2.75) is 349 Å². The second-order valence-corrected chi connectivity index (χ2v) is 37.0. The summed E-state index contributed by atoms with van der Waals surface area (Å²) in [5.41, 5.74) is 0.504. The van der Waals surface area contributed by atoms with Crippen LogP contribution in [0.5, 0.6) is 0 Å². The normalized spacial score (nSPS) is 52.0. The zero-order chi connectivity index (χ0) is 52.5. The van der Waals surface area contributed by atoms with Gasteiger partial charge in [-0.2, -0.15) is 11.8 Å². The standard InChI is InChI=1S/C75H123BN2S/c1-75(2,3)58-42-55-32-30-53-40-57(41-54-31-33-56(43-58)72(55)71(53)54)52-34-36-67-63(44-52)76-64-45-51(48-18-7-4-8-19-48)35-37-69(64)79-70-39-47(46-77-65-28-15-13-24-61(65)62-25-14-16-29-66(62)77)38-68(73(70)76)78(67)74-59(49-20-9-5-10-21-49)26-17-27-60(74)50-22-11-6-12-23-50/h47-74H,4-46H2,1-3H3/t47?,51?,52-,53?,54?,55+,56?,57?,58?,59-,60+,61-,62?,63?,64+,65?,66+,67+,68?,69?,70?,71?,72?,73-,74?/m0/s1. The highest BCUT2D eigenvalue weighted by molar-refractivity contribution is 8.00. The van der Waals surface area contributed by atoms with Crippen molar-refractivity contribution in [3.63, 3.8) is 0 Å². The summed E-state index contributed by atoms with van der Waals surface area (Å²) in [6.07, 6.45) is 66.8. The molecule has 16 aliphatic rings. The molecule has 0 aromatic heterocycles. The fraction of sp³-hybridized carbons (Fsp3) is 1.00. The Hall–Kier alpha value is 0.335. The lowest BCUT2D eigenvalue weighted by atomic mass is 9.20. The first-order valence-corrected chi connectivity index (χ1v) is 38.9. The van der Waals surface area contributed by atoms with E-state index in [1.807, 2.05) is 0 Å². The summed E-state index contributed by atoms with van der Waals surface area (Å²) in [7, 11) is 0. The van der Waals surface area contributed by atoms with E-state index in [1.165, 1.54) is 38.6 Å². The lowest BCUT2D eigenvalue weighted by Crippen LogP contribution is -2.71. The molecule has 3 saturated heterocycles. The average Bonchev–Trinajstić information content (AvgIpc) is 3.92. The van der Waals surface area contributed by atoms with Crippen molar-refractivity contribution < 1.29 is 0 Å². The summed E-state index contributed by atoms with van der Waals surface area (Å²) in [5.74, 6) is 22.0. The number of likely N-dealkylation sites (tertiary alicyclic amines) is 1. The molecular weight excluding hydrogens is 972 g/mol. The van der Waals surface area contributed by atoms with Crippen LogP contribution in [0.4, 0.5) is 0 Å². The first-order chi connectivity index (χ1) is 38.8. The number of nitrogens with zero attached hydrogens (tertiary/aromatic N) is 2. The third-order valence-electron chi connectivity index (χ3n) is 31.6. The van der Waals surface area contributed by atoms with Crippen LogP contribution in [0.25, 0.3) is 0 Å². The Labute approximate surface area is 492 Å². The molecule has 13 aliphatic carbocycles. The van der Waals surface area contributed by atoms with Crippen molar-refractivity contribution in [2.24, 2.45) is 112 Å². The molecule has 4 heteroatoms. The Morgan fingerprint density at radius 3 is 1.44 bits per heavy atom. The maximum absolute atomic E-state index is 3.84. The van der Waals surface area contributed by atoms with E-state index in [-0.39, 0.29) is 0 Å². The van der Waals surface area contributed by atoms with Gasteiger partial charge in [0, 0.05) is 47.3 Å². The Morgan fingerprint density at radius 2 is 0.848 bits per heavy atom. The van der Waals surface area contributed by atoms with Crippen molar-refractivity contribution in [2.75, 3.05) is 6.54 Å². The van der Waals surface area contributed by atoms with Crippen molar-refractivity contribution in [1.82, 2.24) is 9.80 Å². The van der Waals surface area contributed by atoms with Gasteiger partial charge >= 0.3 is 0 Å². The van der Waals surface area contributed by atoms with E-state index in [2.05, 4.69) is 42.3 Å². The zero-order valence-corrected chi connectivity index (χ0v) is 52.8. The maximum Gasteiger partial charge on any atom is 0.155 e. The highest BCUT2D eigenvalue weighted by Crippen LogP contribution is 2.70. The number of thioether (sulfide) groups is 1. The van der Waals surface area contributed by atoms with Gasteiger partial charge in [0.25, 0.3) is 0 Å². The van der Waals surface area contributed by atoms with Crippen LogP contribution in [0.1, 0.15) is 290 Å². The Bertz CT molecular complexity index is 1970. The molecule has 0 aromatic carbocycles. The van der Waals surface area contributed by atoms with Crippen LogP contribution in [0.2, 0.25) is 17.5 Å². The van der Waals surface area contributed by atoms with E-state index in [0.717, 1.165) is 171 Å². The van der Waals surface area contributed by atoms with Gasteiger partial charge < -0.3 is 0 Å². The molecule has 0 bridgehead atoms. The quantitative estimate of drug-likeness (QED) is 0.235. The summed E-state index contributed by atoms with van der Waals surface area (Å²) in [4.78, 5) is 7.23. The van der Waals surface area contributed by atoms with Crippen molar-refractivity contribution in [3.8, 4) is 0 Å². The average molecular weight is 1100 g/mol. The molecule has 79 heavy (non-hydrogen) atoms. The first-order valence-electron chi connectivity index (χ1n) is 38.0. The monoisotopic (exact) mass is 1090 g/mol. The highest BCUT2D eigenvalue weighted by atomic mass is 32.2. The van der Waals surface area contributed by atoms with E-state index in [0.29, 0.717) is 5.41 Å². The summed E-state index contributed by atoms with van der Waals surface area (Å²) in [6.45, 7) is 10.4. The molecule has 16 fully saturated rings. The van der Waals surface area contributed by atoms with Gasteiger partial charge in [0.05, 0.1) is 0 Å². The minimum Gasteiger partial charge on any atom is -0.297 e. The van der Waals surface area contributed by atoms with Crippen LogP contribution < -0.4 is 0 Å². The largest absolute Gasteiger partial charge is 0.297 e. The fourth-order valence-electron chi connectivity index (χ4n) is 28.8. The van der Waals surface area contributed by atoms with Gasteiger partial charge in [-0.3, -0.25) is 9.80 Å². The molecule has 442 valence electrons. The van der Waals surface area contributed by atoms with Crippen LogP contribution in [0.15, 0.2) is 0 Å². The molecule has 16 rings (SSSR count). The van der Waals surface area contributed by atoms with E-state index in [4.69, 9.17) is 0 Å². The Balaban J connectivity index is 0.764. The number of hydrogen-bond donors (Lipinski definition) is 0. The van der Waals surface area contributed by atoms with Gasteiger partial charge in [0.15, 0.2) is 6.71 Å². The van der Waals surface area contributed by atoms with Crippen LogP contribution in [0.3, 0.4) is 0 Å². The van der Waals surface area contributed by atoms with Gasteiger partial charge in [0.1, 0.15) is 0 Å². The van der Waals surface area contributed by atoms with Gasteiger partial charge in [0.2, 0.25) is 0 Å². The van der Waals surface area contributed by atoms with Gasteiger partial charge in [-0.1, -0.05) is 162 Å². The predicted molar refractivity (Wildman–Crippen MR) is 336 cm³/mol. The molecular formula is C75H123BN2S. The van der Waals surface area contributed by atoms with Gasteiger partial charge in [-0.25, -0.2) is 0 Å². The third-order valence-corrected chi connectivity index (χ3v) is 33.4. The van der Waals surface area contributed by atoms with Crippen molar-refractivity contribution in [3.05, 3.63) is 0 Å². The lowest BCUT2D eigenvalue weighted by molar-refractivity contribution is -0.119. The van der Waals surface area contributed by atoms with Gasteiger partial charge in [-0.15, -0.1) is 0 Å². The minimum atomic E-state index is 0.504. The zero-order valence-electron chi connectivity index (χ0n) is 52.0. The minimum absolute atomic E-state index is 0.504. The van der Waals surface area contributed by atoms with E-state index >= 15 is 0 Å². The van der Waals surface area contributed by atoms with Crippen LogP contribution in [-0.2, 0) is 0 Å². The number of fused-ring (bicyclic) bond motifs is 7. The molecule has 2 nitrogen and oxygen atoms in total. The molecule has 0 radical (unpaired) electrons. The molecule has 3 aliphatic heterocycles. The molecule has 0 aromatic rings. The lowest BCUT2D eigenvalue weighted by Gasteiger charge is -2.69. The topological polar surface area (TPSA) is 6.48 Å². The summed E-state index contributed by atoms with van der Waals surface area (Å²) < 4.78 is 0. The SMILES string of the molecule is CC(C)(C)C1CC2CCC3CC([C@H]4CC[C@@H]5C(C4)B4[C@@H]6C(CC(CN7C8CCCC[C@H]8C8CCCC[C@H]87)CC6N5C5[C@@H](C6CCCCC6)CCC[C@H]5C5CCCCC5)SC5CCC(C6CCCCC6)C[C@@H]45)CC4CC[C@H](C1)C2C34. The summed E-state index contributed by atoms with van der Waals surface area (Å²) in [5, 5.41) is 1.94. The number of hydrogen-bond acceptors (Lipinski definition) is 3. The Kier molecular flexibility index (Phi) is 15.8. The molecule has 0 amide bonds. The second kappa shape index (κ2) is 22.8. The second-order valence-electron chi connectivity index (χ2n) is 35.5. The molecule has 25 atom stereocenters. The van der Waals surface area contributed by atoms with Crippen molar-refractivity contribution >= 4 is 18.5 Å². The summed E-state index contributed by atoms with van der Waals surface area (Å²) in [6, 6.07) is 4.63. The molecule has 3 heterocycles. The first kappa shape index (κ1) is 54.7. The summed E-state index contributed by atoms with van der Waals surface area (Å²) >= 11 is 2.77. The van der Waals surface area contributed by atoms with E-state index in [1.54, 1.807) is 238 Å². The van der Waals surface area contributed by atoms with E-state index < -0.39 is 0 Å². The fourth-order valence-corrected chi connectivity index (χ4v) is 31.0. The maximum atomic E-state index is 3.84. The molecule has 16 unspecified atom stereocenters. The van der Waals surface area contributed by atoms with Gasteiger partial charge in [-0.05, 0) is 258 Å². The smallest absolute Gasteiger partial charge is 0.155 e. The third kappa shape index (κ3) is 9.94. The van der Waals surface area contributed by atoms with Crippen LogP contribution in [-0.4, -0.2) is 63.8 Å². The molecule has 0 spiro atoms. The highest BCUT2D eigenvalue weighted by Gasteiger charge is 2.66. The van der Waals surface area contributed by atoms with E-state index in [9.17, 15) is 0 Å². The molecule has 0 N–H and O–H groups in total. The van der Waals surface area contributed by atoms with Crippen LogP contribution >= 0.6 is 11.8 Å².